The predicted molar refractivity (Wildman–Crippen MR) is 59.8 cm³/mol. The second-order valence-corrected chi connectivity index (χ2v) is 3.93. The van der Waals surface area contributed by atoms with Crippen LogP contribution in [-0.4, -0.2) is 12.8 Å². The van der Waals surface area contributed by atoms with Gasteiger partial charge in [0.1, 0.15) is 13.7 Å². The van der Waals surface area contributed by atoms with Crippen molar-refractivity contribution in [2.45, 2.75) is 6.32 Å². The summed E-state index contributed by atoms with van der Waals surface area (Å²) in [7, 11) is 2.08. The van der Waals surface area contributed by atoms with Crippen LogP contribution in [0.3, 0.4) is 0 Å². The lowest BCUT2D eigenvalue weighted by Crippen LogP contribution is -1.83. The van der Waals surface area contributed by atoms with Gasteiger partial charge in [-0.2, -0.15) is 0 Å². The Morgan fingerprint density at radius 3 is 2.57 bits per heavy atom. The van der Waals surface area contributed by atoms with E-state index < -0.39 is 0 Å². The first-order valence-corrected chi connectivity index (χ1v) is 5.38. The number of nitrogens with zero attached hydrogens (tertiary/aromatic N) is 1. The van der Waals surface area contributed by atoms with Crippen LogP contribution in [0, 0.1) is 5.82 Å². The maximum Gasteiger partial charge on any atom is 0.123 e. The molecule has 0 fully saturated rings. The Balaban J connectivity index is 2.34. The largest absolute Gasteiger partial charge is 0.242 e. The zero-order valence-corrected chi connectivity index (χ0v) is 8.64. The van der Waals surface area contributed by atoms with Gasteiger partial charge >= 0.3 is 0 Å². The van der Waals surface area contributed by atoms with Crippen LogP contribution in [0.2, 0.25) is 0 Å². The topological polar surface area (TPSA) is 12.9 Å². The minimum atomic E-state index is -0.209. The molecule has 0 saturated heterocycles. The van der Waals surface area contributed by atoms with Crippen molar-refractivity contribution in [3.8, 4) is 11.3 Å². The van der Waals surface area contributed by atoms with E-state index in [0.29, 0.717) is 0 Å². The van der Waals surface area contributed by atoms with E-state index in [-0.39, 0.29) is 5.82 Å². The van der Waals surface area contributed by atoms with Crippen LogP contribution in [0.4, 0.5) is 4.39 Å². The fourth-order valence-electron chi connectivity index (χ4n) is 1.23. The fourth-order valence-corrected chi connectivity index (χ4v) is 1.98. The van der Waals surface area contributed by atoms with Crippen molar-refractivity contribution in [3.63, 3.8) is 0 Å². The van der Waals surface area contributed by atoms with E-state index in [1.54, 1.807) is 23.5 Å². The maximum absolute atomic E-state index is 12.7. The molecule has 1 nitrogen and oxygen atoms in total. The molecule has 0 unspecified atom stereocenters. The summed E-state index contributed by atoms with van der Waals surface area (Å²) in [6.45, 7) is 0. The van der Waals surface area contributed by atoms with Gasteiger partial charge in [-0.25, -0.2) is 9.37 Å². The Labute approximate surface area is 87.0 Å². The molecule has 0 spiro atoms. The number of benzene rings is 1. The highest BCUT2D eigenvalue weighted by Gasteiger charge is 2.02. The third kappa shape index (κ3) is 1.85. The van der Waals surface area contributed by atoms with Crippen LogP contribution in [0.5, 0.6) is 0 Å². The molecule has 1 heterocycles. The molecule has 70 valence electrons. The average molecular weight is 205 g/mol. The summed E-state index contributed by atoms with van der Waals surface area (Å²) in [6.07, 6.45) is 0.950. The summed E-state index contributed by atoms with van der Waals surface area (Å²) in [6, 6.07) is 6.42. The average Bonchev–Trinajstić information content (AvgIpc) is 2.67. The SMILES string of the molecule is BCc1nc(-c2ccc(F)cc2)cs1. The standard InChI is InChI=1S/C10H9BFNS/c11-5-10-13-9(6-14-10)7-1-3-8(12)4-2-7/h1-4,6H,5,11H2. The molecule has 2 aromatic rings. The first kappa shape index (κ1) is 9.40. The Morgan fingerprint density at radius 2 is 2.00 bits per heavy atom. The highest BCUT2D eigenvalue weighted by Crippen LogP contribution is 2.21. The van der Waals surface area contributed by atoms with E-state index in [1.807, 2.05) is 5.38 Å². The highest BCUT2D eigenvalue weighted by atomic mass is 32.1. The van der Waals surface area contributed by atoms with E-state index >= 15 is 0 Å². The third-order valence-electron chi connectivity index (χ3n) is 1.99. The molecule has 0 N–H and O–H groups in total. The van der Waals surface area contributed by atoms with E-state index in [9.17, 15) is 4.39 Å². The van der Waals surface area contributed by atoms with E-state index in [0.717, 1.165) is 22.6 Å². The monoisotopic (exact) mass is 205 g/mol. The highest BCUT2D eigenvalue weighted by molar-refractivity contribution is 7.10. The molecule has 0 radical (unpaired) electrons. The van der Waals surface area contributed by atoms with Crippen molar-refractivity contribution < 1.29 is 4.39 Å². The van der Waals surface area contributed by atoms with Crippen LogP contribution in [0.15, 0.2) is 29.6 Å². The maximum atomic E-state index is 12.7. The molecule has 14 heavy (non-hydrogen) atoms. The van der Waals surface area contributed by atoms with Gasteiger partial charge in [-0.05, 0) is 30.6 Å². The van der Waals surface area contributed by atoms with Gasteiger partial charge in [-0.3, -0.25) is 0 Å². The molecule has 1 aromatic carbocycles. The summed E-state index contributed by atoms with van der Waals surface area (Å²) >= 11 is 1.64. The third-order valence-corrected chi connectivity index (χ3v) is 2.99. The lowest BCUT2D eigenvalue weighted by molar-refractivity contribution is 0.628. The first-order valence-electron chi connectivity index (χ1n) is 4.50. The predicted octanol–water partition coefficient (Wildman–Crippen LogP) is 2.08. The zero-order valence-electron chi connectivity index (χ0n) is 7.83. The van der Waals surface area contributed by atoms with Gasteiger partial charge in [-0.15, -0.1) is 11.3 Å². The Bertz CT molecular complexity index is 424. The van der Waals surface area contributed by atoms with Gasteiger partial charge in [0.05, 0.1) is 10.7 Å². The van der Waals surface area contributed by atoms with Crippen molar-refractivity contribution in [2.24, 2.45) is 0 Å². The van der Waals surface area contributed by atoms with Crippen molar-refractivity contribution in [2.75, 3.05) is 0 Å². The number of hydrogen-bond acceptors (Lipinski definition) is 2. The minimum Gasteiger partial charge on any atom is -0.242 e. The first-order chi connectivity index (χ1) is 6.79. The molecule has 1 aromatic heterocycles. The minimum absolute atomic E-state index is 0.209. The van der Waals surface area contributed by atoms with Gasteiger partial charge in [-0.1, -0.05) is 0 Å². The number of hydrogen-bond donors (Lipinski definition) is 0. The Kier molecular flexibility index (Phi) is 2.63. The van der Waals surface area contributed by atoms with Crippen molar-refractivity contribution in [3.05, 3.63) is 40.5 Å². The van der Waals surface area contributed by atoms with E-state index in [1.165, 1.54) is 12.1 Å². The van der Waals surface area contributed by atoms with Crippen molar-refractivity contribution in [1.82, 2.24) is 4.98 Å². The lowest BCUT2D eigenvalue weighted by Gasteiger charge is -1.95. The van der Waals surface area contributed by atoms with Crippen LogP contribution >= 0.6 is 11.3 Å². The number of thiazole rings is 1. The van der Waals surface area contributed by atoms with Crippen LogP contribution in [0.25, 0.3) is 11.3 Å². The molecular formula is C10H9BFNS. The lowest BCUT2D eigenvalue weighted by atomic mass is 10.1. The quantitative estimate of drug-likeness (QED) is 0.684. The van der Waals surface area contributed by atoms with Crippen molar-refractivity contribution >= 4 is 19.2 Å². The molecule has 0 aliphatic carbocycles. The van der Waals surface area contributed by atoms with E-state index in [2.05, 4.69) is 12.8 Å². The Morgan fingerprint density at radius 1 is 1.29 bits per heavy atom. The van der Waals surface area contributed by atoms with Crippen LogP contribution in [-0.2, 0) is 6.32 Å². The van der Waals surface area contributed by atoms with Gasteiger partial charge in [0.25, 0.3) is 0 Å². The van der Waals surface area contributed by atoms with E-state index in [4.69, 9.17) is 0 Å². The van der Waals surface area contributed by atoms with Crippen molar-refractivity contribution in [1.29, 1.82) is 0 Å². The normalized spacial score (nSPS) is 10.4. The fraction of sp³-hybridized carbons (Fsp3) is 0.100. The van der Waals surface area contributed by atoms with Gasteiger partial charge in [0, 0.05) is 10.9 Å². The van der Waals surface area contributed by atoms with Gasteiger partial charge in [0.15, 0.2) is 0 Å². The Hall–Kier alpha value is -1.16. The molecule has 0 bridgehead atoms. The summed E-state index contributed by atoms with van der Waals surface area (Å²) in [5.41, 5.74) is 1.91. The molecular weight excluding hydrogens is 196 g/mol. The second kappa shape index (κ2) is 3.92. The number of rotatable bonds is 2. The molecule has 4 heteroatoms. The smallest absolute Gasteiger partial charge is 0.123 e. The summed E-state index contributed by atoms with van der Waals surface area (Å²) < 4.78 is 12.7. The zero-order chi connectivity index (χ0) is 9.97. The van der Waals surface area contributed by atoms with Gasteiger partial charge < -0.3 is 0 Å². The number of aromatic nitrogens is 1. The molecule has 0 amide bonds. The number of halogens is 1. The second-order valence-electron chi connectivity index (χ2n) is 2.99. The molecule has 0 saturated carbocycles. The summed E-state index contributed by atoms with van der Waals surface area (Å²) in [5.74, 6) is -0.209. The summed E-state index contributed by atoms with van der Waals surface area (Å²) in [4.78, 5) is 4.42. The van der Waals surface area contributed by atoms with Gasteiger partial charge in [0.2, 0.25) is 0 Å². The van der Waals surface area contributed by atoms with Crippen LogP contribution < -0.4 is 0 Å². The molecule has 0 aliphatic heterocycles. The molecule has 0 aliphatic rings. The molecule has 0 atom stereocenters. The summed E-state index contributed by atoms with van der Waals surface area (Å²) in [5, 5.41) is 3.12. The van der Waals surface area contributed by atoms with Crippen LogP contribution in [0.1, 0.15) is 5.01 Å². The molecule has 2 rings (SSSR count).